The van der Waals surface area contributed by atoms with Gasteiger partial charge in [0.2, 0.25) is 5.91 Å². The lowest BCUT2D eigenvalue weighted by molar-refractivity contribution is 0.100. The number of imidazole rings is 1. The van der Waals surface area contributed by atoms with Crippen LogP contribution in [0.4, 0.5) is 0 Å². The Bertz CT molecular complexity index is 715. The maximum Gasteiger partial charge on any atom is 0.248 e. The molecule has 1 aliphatic carbocycles. The Balaban J connectivity index is 1.75. The zero-order valence-corrected chi connectivity index (χ0v) is 15.2. The molecule has 2 N–H and O–H groups in total. The van der Waals surface area contributed by atoms with Gasteiger partial charge in [0.25, 0.3) is 0 Å². The van der Waals surface area contributed by atoms with Gasteiger partial charge in [0, 0.05) is 23.1 Å². The maximum absolute atomic E-state index is 11.2. The fourth-order valence-corrected chi connectivity index (χ4v) is 4.50. The Labute approximate surface area is 147 Å². The summed E-state index contributed by atoms with van der Waals surface area (Å²) in [6.07, 6.45) is 6.52. The summed E-state index contributed by atoms with van der Waals surface area (Å²) in [6, 6.07) is 8.13. The molecular weight excluding hydrogens is 318 g/mol. The highest BCUT2D eigenvalue weighted by molar-refractivity contribution is 7.98. The lowest BCUT2D eigenvalue weighted by Gasteiger charge is -2.26. The molecule has 0 unspecified atom stereocenters. The van der Waals surface area contributed by atoms with Crippen molar-refractivity contribution in [1.82, 2.24) is 9.55 Å². The first kappa shape index (κ1) is 17.1. The van der Waals surface area contributed by atoms with E-state index in [0.717, 1.165) is 16.6 Å². The van der Waals surface area contributed by atoms with Gasteiger partial charge in [0.05, 0.1) is 5.69 Å². The van der Waals surface area contributed by atoms with Crippen LogP contribution in [-0.2, 0) is 5.75 Å². The van der Waals surface area contributed by atoms with Crippen molar-refractivity contribution in [3.8, 4) is 0 Å². The fourth-order valence-electron chi connectivity index (χ4n) is 3.38. The molecule has 1 aromatic carbocycles. The third kappa shape index (κ3) is 3.66. The number of aromatic nitrogens is 2. The van der Waals surface area contributed by atoms with Gasteiger partial charge in [0.1, 0.15) is 0 Å². The standard InChI is InChI=1S/C19H25N3OS/c1-13-14(2)22(17-6-4-3-5-7-17)19(21-13)24-12-15-8-10-16(11-9-15)18(20)23/h8-11,17H,3-7,12H2,1-2H3,(H2,20,23). The minimum atomic E-state index is -0.381. The molecule has 0 radical (unpaired) electrons. The Morgan fingerprint density at radius 2 is 1.88 bits per heavy atom. The lowest BCUT2D eigenvalue weighted by Crippen LogP contribution is -2.15. The summed E-state index contributed by atoms with van der Waals surface area (Å²) < 4.78 is 2.46. The number of primary amides is 1. The molecule has 0 aliphatic heterocycles. The molecule has 4 nitrogen and oxygen atoms in total. The number of rotatable bonds is 5. The number of carbonyl (C=O) groups is 1. The van der Waals surface area contributed by atoms with Crippen LogP contribution < -0.4 is 5.73 Å². The Morgan fingerprint density at radius 1 is 1.21 bits per heavy atom. The summed E-state index contributed by atoms with van der Waals surface area (Å²) in [5, 5.41) is 1.12. The van der Waals surface area contributed by atoms with E-state index >= 15 is 0 Å². The molecule has 1 fully saturated rings. The highest BCUT2D eigenvalue weighted by Gasteiger charge is 2.21. The minimum Gasteiger partial charge on any atom is -0.366 e. The van der Waals surface area contributed by atoms with Gasteiger partial charge < -0.3 is 10.3 Å². The van der Waals surface area contributed by atoms with Crippen molar-refractivity contribution in [1.29, 1.82) is 0 Å². The zero-order chi connectivity index (χ0) is 17.1. The SMILES string of the molecule is Cc1nc(SCc2ccc(C(N)=O)cc2)n(C2CCCCC2)c1C. The predicted octanol–water partition coefficient (Wildman–Crippen LogP) is 4.40. The molecule has 1 aromatic heterocycles. The average Bonchev–Trinajstić information content (AvgIpc) is 2.88. The highest BCUT2D eigenvalue weighted by atomic mass is 32.2. The quantitative estimate of drug-likeness (QED) is 0.819. The van der Waals surface area contributed by atoms with Crippen LogP contribution in [-0.4, -0.2) is 15.5 Å². The molecule has 1 heterocycles. The number of aryl methyl sites for hydroxylation is 1. The molecule has 0 bridgehead atoms. The predicted molar refractivity (Wildman–Crippen MR) is 98.3 cm³/mol. The second-order valence-electron chi connectivity index (χ2n) is 6.58. The minimum absolute atomic E-state index is 0.381. The van der Waals surface area contributed by atoms with Crippen molar-refractivity contribution < 1.29 is 4.79 Å². The number of benzene rings is 1. The van der Waals surface area contributed by atoms with Crippen LogP contribution >= 0.6 is 11.8 Å². The average molecular weight is 343 g/mol. The van der Waals surface area contributed by atoms with Crippen LogP contribution in [0.3, 0.4) is 0 Å². The number of hydrogen-bond acceptors (Lipinski definition) is 3. The smallest absolute Gasteiger partial charge is 0.248 e. The Hall–Kier alpha value is -1.75. The molecule has 0 spiro atoms. The van der Waals surface area contributed by atoms with Crippen LogP contribution in [0.1, 0.15) is 65.5 Å². The van der Waals surface area contributed by atoms with Crippen molar-refractivity contribution in [2.45, 2.75) is 62.9 Å². The van der Waals surface area contributed by atoms with Crippen molar-refractivity contribution in [3.63, 3.8) is 0 Å². The largest absolute Gasteiger partial charge is 0.366 e. The molecule has 0 saturated heterocycles. The molecule has 1 saturated carbocycles. The van der Waals surface area contributed by atoms with Gasteiger partial charge in [-0.15, -0.1) is 0 Å². The number of carbonyl (C=O) groups excluding carboxylic acids is 1. The molecule has 0 atom stereocenters. The molecular formula is C19H25N3OS. The third-order valence-electron chi connectivity index (χ3n) is 4.90. The topological polar surface area (TPSA) is 60.9 Å². The van der Waals surface area contributed by atoms with E-state index in [1.54, 1.807) is 23.9 Å². The molecule has 128 valence electrons. The van der Waals surface area contributed by atoms with Crippen molar-refractivity contribution in [3.05, 3.63) is 46.8 Å². The second kappa shape index (κ2) is 7.43. The number of thioether (sulfide) groups is 1. The summed E-state index contributed by atoms with van der Waals surface area (Å²) in [7, 11) is 0. The van der Waals surface area contributed by atoms with Gasteiger partial charge >= 0.3 is 0 Å². The molecule has 3 rings (SSSR count). The van der Waals surface area contributed by atoms with Crippen molar-refractivity contribution >= 4 is 17.7 Å². The molecule has 2 aromatic rings. The first-order chi connectivity index (χ1) is 11.6. The van der Waals surface area contributed by atoms with Gasteiger partial charge in [0.15, 0.2) is 5.16 Å². The first-order valence-corrected chi connectivity index (χ1v) is 9.62. The summed E-state index contributed by atoms with van der Waals surface area (Å²) in [5.41, 5.74) is 9.46. The number of hydrogen-bond donors (Lipinski definition) is 1. The van der Waals surface area contributed by atoms with E-state index in [4.69, 9.17) is 10.7 Å². The van der Waals surface area contributed by atoms with Crippen LogP contribution in [0, 0.1) is 13.8 Å². The molecule has 1 amide bonds. The van der Waals surface area contributed by atoms with Crippen LogP contribution in [0.25, 0.3) is 0 Å². The molecule has 5 heteroatoms. The van der Waals surface area contributed by atoms with E-state index < -0.39 is 0 Å². The fraction of sp³-hybridized carbons (Fsp3) is 0.474. The van der Waals surface area contributed by atoms with E-state index in [1.165, 1.54) is 43.4 Å². The maximum atomic E-state index is 11.2. The van der Waals surface area contributed by atoms with Gasteiger partial charge in [-0.05, 0) is 44.4 Å². The van der Waals surface area contributed by atoms with Crippen LogP contribution in [0.15, 0.2) is 29.4 Å². The normalized spacial score (nSPS) is 15.6. The van der Waals surface area contributed by atoms with E-state index in [9.17, 15) is 4.79 Å². The number of nitrogens with zero attached hydrogens (tertiary/aromatic N) is 2. The Morgan fingerprint density at radius 3 is 2.50 bits per heavy atom. The number of nitrogens with two attached hydrogens (primary N) is 1. The van der Waals surface area contributed by atoms with Crippen LogP contribution in [0.2, 0.25) is 0 Å². The summed E-state index contributed by atoms with van der Waals surface area (Å²) >= 11 is 1.78. The lowest BCUT2D eigenvalue weighted by atomic mass is 9.95. The highest BCUT2D eigenvalue weighted by Crippen LogP contribution is 2.35. The third-order valence-corrected chi connectivity index (χ3v) is 5.92. The van der Waals surface area contributed by atoms with E-state index in [-0.39, 0.29) is 5.91 Å². The van der Waals surface area contributed by atoms with Gasteiger partial charge in [-0.25, -0.2) is 4.98 Å². The first-order valence-electron chi connectivity index (χ1n) is 8.63. The summed E-state index contributed by atoms with van der Waals surface area (Å²) in [5.74, 6) is 0.468. The monoisotopic (exact) mass is 343 g/mol. The Kier molecular flexibility index (Phi) is 5.29. The molecule has 1 aliphatic rings. The van der Waals surface area contributed by atoms with E-state index in [1.807, 2.05) is 12.1 Å². The second-order valence-corrected chi connectivity index (χ2v) is 7.52. The molecule has 24 heavy (non-hydrogen) atoms. The van der Waals surface area contributed by atoms with Gasteiger partial charge in [-0.3, -0.25) is 4.79 Å². The van der Waals surface area contributed by atoms with Crippen LogP contribution in [0.5, 0.6) is 0 Å². The van der Waals surface area contributed by atoms with Gasteiger partial charge in [-0.2, -0.15) is 0 Å². The zero-order valence-electron chi connectivity index (χ0n) is 14.4. The van der Waals surface area contributed by atoms with Crippen molar-refractivity contribution in [2.24, 2.45) is 5.73 Å². The van der Waals surface area contributed by atoms with Gasteiger partial charge in [-0.1, -0.05) is 43.2 Å². The summed E-state index contributed by atoms with van der Waals surface area (Å²) in [4.78, 5) is 16.0. The number of amides is 1. The van der Waals surface area contributed by atoms with Crippen molar-refractivity contribution in [2.75, 3.05) is 0 Å². The summed E-state index contributed by atoms with van der Waals surface area (Å²) in [6.45, 7) is 4.28. The van der Waals surface area contributed by atoms with E-state index in [2.05, 4.69) is 18.4 Å². The van der Waals surface area contributed by atoms with E-state index in [0.29, 0.717) is 11.6 Å².